The first-order valence-electron chi connectivity index (χ1n) is 8.12. The lowest BCUT2D eigenvalue weighted by molar-refractivity contribution is 0.415. The van der Waals surface area contributed by atoms with Gasteiger partial charge >= 0.3 is 0 Å². The van der Waals surface area contributed by atoms with Crippen molar-refractivity contribution in [1.29, 1.82) is 0 Å². The number of rotatable bonds is 5. The number of para-hydroxylation sites is 1. The summed E-state index contributed by atoms with van der Waals surface area (Å²) >= 11 is 0. The lowest BCUT2D eigenvalue weighted by Crippen LogP contribution is -2.22. The van der Waals surface area contributed by atoms with Gasteiger partial charge in [0.2, 0.25) is 0 Å². The van der Waals surface area contributed by atoms with Gasteiger partial charge in [-0.2, -0.15) is 4.99 Å². The van der Waals surface area contributed by atoms with E-state index < -0.39 is 0 Å². The third-order valence-electron chi connectivity index (χ3n) is 3.82. The van der Waals surface area contributed by atoms with Gasteiger partial charge in [0.25, 0.3) is 0 Å². The molecule has 3 N–H and O–H groups in total. The summed E-state index contributed by atoms with van der Waals surface area (Å²) in [6.45, 7) is 4.19. The van der Waals surface area contributed by atoms with Crippen LogP contribution in [0.15, 0.2) is 84.5 Å². The zero-order valence-corrected chi connectivity index (χ0v) is 14.5. The molecule has 0 aliphatic carbocycles. The molecular formula is C21H20N4O. The van der Waals surface area contributed by atoms with E-state index in [0.717, 1.165) is 28.1 Å². The van der Waals surface area contributed by atoms with Crippen molar-refractivity contribution in [2.24, 2.45) is 10.7 Å². The Balaban J connectivity index is 1.87. The molecule has 5 heteroatoms. The number of benzene rings is 2. The summed E-state index contributed by atoms with van der Waals surface area (Å²) in [5.41, 5.74) is 9.49. The van der Waals surface area contributed by atoms with Crippen molar-refractivity contribution in [3.8, 4) is 5.75 Å². The van der Waals surface area contributed by atoms with Crippen LogP contribution in [0.2, 0.25) is 0 Å². The summed E-state index contributed by atoms with van der Waals surface area (Å²) in [6, 6.07) is 21.1. The quantitative estimate of drug-likeness (QED) is 0.537. The lowest BCUT2D eigenvalue weighted by Gasteiger charge is -2.10. The number of pyridine rings is 1. The molecule has 130 valence electrons. The molecule has 2 aromatic carbocycles. The highest BCUT2D eigenvalue weighted by atomic mass is 16.5. The minimum atomic E-state index is 0.263. The average molecular weight is 344 g/mol. The van der Waals surface area contributed by atoms with Crippen molar-refractivity contribution >= 4 is 23.0 Å². The number of methoxy groups -OCH3 is 1. The average Bonchev–Trinajstić information content (AvgIpc) is 2.68. The fourth-order valence-electron chi connectivity index (χ4n) is 2.48. The van der Waals surface area contributed by atoms with E-state index in [1.807, 2.05) is 66.7 Å². The van der Waals surface area contributed by atoms with E-state index in [1.165, 1.54) is 0 Å². The van der Waals surface area contributed by atoms with Gasteiger partial charge in [0.1, 0.15) is 5.75 Å². The molecule has 5 nitrogen and oxygen atoms in total. The van der Waals surface area contributed by atoms with Crippen LogP contribution in [0.1, 0.15) is 11.1 Å². The Labute approximate surface area is 152 Å². The zero-order chi connectivity index (χ0) is 18.4. The lowest BCUT2D eigenvalue weighted by atomic mass is 10.0. The van der Waals surface area contributed by atoms with Crippen LogP contribution in [-0.4, -0.2) is 18.1 Å². The molecule has 0 saturated heterocycles. The second-order valence-corrected chi connectivity index (χ2v) is 5.57. The minimum Gasteiger partial charge on any atom is -0.497 e. The maximum absolute atomic E-state index is 6.04. The topological polar surface area (TPSA) is 72.5 Å². The van der Waals surface area contributed by atoms with E-state index >= 15 is 0 Å². The first kappa shape index (κ1) is 17.2. The standard InChI is InChI=1S/C21H20N4O/c1-15(16-10-12-18(26-2)13-11-16)19-9-6-14-23-20(19)25-21(22)24-17-7-4-3-5-8-17/h3-14H,1H2,2H3,(H3,22,23,24,25). The molecule has 0 aliphatic heterocycles. The van der Waals surface area contributed by atoms with Crippen molar-refractivity contribution < 1.29 is 4.74 Å². The highest BCUT2D eigenvalue weighted by molar-refractivity contribution is 5.95. The molecule has 0 fully saturated rings. The van der Waals surface area contributed by atoms with Crippen LogP contribution in [0, 0.1) is 0 Å². The van der Waals surface area contributed by atoms with Gasteiger partial charge in [-0.05, 0) is 47.5 Å². The van der Waals surface area contributed by atoms with E-state index in [4.69, 9.17) is 10.5 Å². The van der Waals surface area contributed by atoms with Gasteiger partial charge in [0, 0.05) is 17.4 Å². The number of aliphatic imine (C=N–C) groups is 1. The maximum Gasteiger partial charge on any atom is 0.199 e. The van der Waals surface area contributed by atoms with Crippen molar-refractivity contribution in [3.63, 3.8) is 0 Å². The predicted molar refractivity (Wildman–Crippen MR) is 107 cm³/mol. The maximum atomic E-state index is 6.04. The number of nitrogens with one attached hydrogen (secondary N) is 1. The summed E-state index contributed by atoms with van der Waals surface area (Å²) in [5.74, 6) is 1.57. The highest BCUT2D eigenvalue weighted by Crippen LogP contribution is 2.29. The molecule has 0 spiro atoms. The monoisotopic (exact) mass is 344 g/mol. The van der Waals surface area contributed by atoms with Crippen molar-refractivity contribution in [2.75, 3.05) is 12.4 Å². The molecule has 0 bridgehead atoms. The number of ether oxygens (including phenoxy) is 1. The second-order valence-electron chi connectivity index (χ2n) is 5.57. The van der Waals surface area contributed by atoms with E-state index in [9.17, 15) is 0 Å². The molecule has 3 rings (SSSR count). The van der Waals surface area contributed by atoms with E-state index in [1.54, 1.807) is 13.3 Å². The summed E-state index contributed by atoms with van der Waals surface area (Å²) < 4.78 is 5.20. The Bertz CT molecular complexity index is 918. The number of nitrogens with zero attached hydrogens (tertiary/aromatic N) is 2. The molecule has 0 amide bonds. The van der Waals surface area contributed by atoms with Gasteiger partial charge in [-0.15, -0.1) is 0 Å². The SMILES string of the molecule is C=C(c1ccc(OC)cc1)c1cccnc1/N=C(\N)Nc1ccccc1. The highest BCUT2D eigenvalue weighted by Gasteiger charge is 2.09. The Hall–Kier alpha value is -3.60. The minimum absolute atomic E-state index is 0.263. The number of hydrogen-bond acceptors (Lipinski definition) is 3. The molecule has 0 radical (unpaired) electrons. The summed E-state index contributed by atoms with van der Waals surface area (Å²) in [4.78, 5) is 8.77. The van der Waals surface area contributed by atoms with Crippen LogP contribution in [0.5, 0.6) is 5.75 Å². The predicted octanol–water partition coefficient (Wildman–Crippen LogP) is 4.21. The number of guanidine groups is 1. The third-order valence-corrected chi connectivity index (χ3v) is 3.82. The molecule has 0 atom stereocenters. The second kappa shape index (κ2) is 7.98. The van der Waals surface area contributed by atoms with E-state index in [0.29, 0.717) is 5.82 Å². The number of hydrogen-bond donors (Lipinski definition) is 2. The molecule has 0 saturated carbocycles. The van der Waals surface area contributed by atoms with E-state index in [2.05, 4.69) is 21.9 Å². The molecular weight excluding hydrogens is 324 g/mol. The van der Waals surface area contributed by atoms with Crippen LogP contribution in [0.3, 0.4) is 0 Å². The Kier molecular flexibility index (Phi) is 5.29. The van der Waals surface area contributed by atoms with Crippen molar-refractivity contribution in [3.05, 3.63) is 90.6 Å². The van der Waals surface area contributed by atoms with Gasteiger partial charge in [-0.25, -0.2) is 4.98 Å². The largest absolute Gasteiger partial charge is 0.497 e. The molecule has 1 aromatic heterocycles. The third kappa shape index (κ3) is 4.08. The van der Waals surface area contributed by atoms with Crippen LogP contribution >= 0.6 is 0 Å². The molecule has 3 aromatic rings. The first-order chi connectivity index (χ1) is 12.7. The summed E-state index contributed by atoms with van der Waals surface area (Å²) in [6.07, 6.45) is 1.68. The number of anilines is 1. The normalized spacial score (nSPS) is 11.0. The van der Waals surface area contributed by atoms with Crippen LogP contribution in [0.25, 0.3) is 5.57 Å². The van der Waals surface area contributed by atoms with Gasteiger partial charge in [0.05, 0.1) is 7.11 Å². The Morgan fingerprint density at radius 1 is 1.04 bits per heavy atom. The Morgan fingerprint density at radius 2 is 1.77 bits per heavy atom. The summed E-state index contributed by atoms with van der Waals surface area (Å²) in [7, 11) is 1.64. The fourth-order valence-corrected chi connectivity index (χ4v) is 2.48. The van der Waals surface area contributed by atoms with Gasteiger partial charge in [0.15, 0.2) is 11.8 Å². The molecule has 0 aliphatic rings. The molecule has 0 unspecified atom stereocenters. The van der Waals surface area contributed by atoms with Crippen molar-refractivity contribution in [2.45, 2.75) is 0 Å². The van der Waals surface area contributed by atoms with Gasteiger partial charge in [-0.1, -0.05) is 36.9 Å². The van der Waals surface area contributed by atoms with Gasteiger partial charge < -0.3 is 15.8 Å². The fraction of sp³-hybridized carbons (Fsp3) is 0.0476. The molecule has 26 heavy (non-hydrogen) atoms. The zero-order valence-electron chi connectivity index (χ0n) is 14.5. The van der Waals surface area contributed by atoms with E-state index in [-0.39, 0.29) is 5.96 Å². The number of aromatic nitrogens is 1. The number of nitrogens with two attached hydrogens (primary N) is 1. The van der Waals surface area contributed by atoms with Crippen LogP contribution in [0.4, 0.5) is 11.5 Å². The van der Waals surface area contributed by atoms with Crippen molar-refractivity contribution in [1.82, 2.24) is 4.98 Å². The Morgan fingerprint density at radius 3 is 2.46 bits per heavy atom. The van der Waals surface area contributed by atoms with Crippen LogP contribution < -0.4 is 15.8 Å². The molecule has 1 heterocycles. The van der Waals surface area contributed by atoms with Gasteiger partial charge in [-0.3, -0.25) is 0 Å². The van der Waals surface area contributed by atoms with Crippen LogP contribution in [-0.2, 0) is 0 Å². The summed E-state index contributed by atoms with van der Waals surface area (Å²) in [5, 5.41) is 3.05. The smallest absolute Gasteiger partial charge is 0.199 e. The first-order valence-corrected chi connectivity index (χ1v) is 8.12.